The molecule has 0 aliphatic heterocycles. The fourth-order valence-electron chi connectivity index (χ4n) is 5.87. The quantitative estimate of drug-likeness (QED) is 0.0683. The summed E-state index contributed by atoms with van der Waals surface area (Å²) in [5, 5.41) is 13.2. The molecule has 2 heterocycles. The van der Waals surface area contributed by atoms with Crippen LogP contribution in [0.3, 0.4) is 0 Å². The van der Waals surface area contributed by atoms with Gasteiger partial charge in [0, 0.05) is 30.1 Å². The molecule has 0 bridgehead atoms. The standard InChI is InChI=1S/C36H37F4N7OS/c1-45(2)19-18-41-20-32-43-44-33(47(32)21-24-6-10-26(11-7-24)27-12-14-28(15-13-27)36(38,39)40)22-46-31-5-3-4-30(31)34(48)42-35(46)49-23-25-8-16-29(37)17-9-25/h6-17,41H,3-5,18-23H2,1-2H3. The topological polar surface area (TPSA) is 80.9 Å². The summed E-state index contributed by atoms with van der Waals surface area (Å²) in [7, 11) is 4.03. The minimum atomic E-state index is -4.38. The Hall–Kier alpha value is -4.33. The number of nitrogens with one attached hydrogen (secondary N) is 1. The first kappa shape index (κ1) is 34.5. The van der Waals surface area contributed by atoms with Crippen LogP contribution in [0.1, 0.15) is 46.0 Å². The number of nitrogens with zero attached hydrogens (tertiary/aromatic N) is 6. The van der Waals surface area contributed by atoms with Crippen molar-refractivity contribution in [1.82, 2.24) is 34.5 Å². The van der Waals surface area contributed by atoms with E-state index >= 15 is 0 Å². The summed E-state index contributed by atoms with van der Waals surface area (Å²) in [4.78, 5) is 19.6. The molecule has 256 valence electrons. The fraction of sp³-hybridized carbons (Fsp3) is 0.333. The molecule has 0 saturated heterocycles. The number of benzene rings is 3. The highest BCUT2D eigenvalue weighted by molar-refractivity contribution is 7.98. The van der Waals surface area contributed by atoms with Crippen molar-refractivity contribution in [3.05, 3.63) is 129 Å². The largest absolute Gasteiger partial charge is 0.416 e. The van der Waals surface area contributed by atoms with E-state index in [2.05, 4.69) is 34.5 Å². The molecule has 5 aromatic rings. The maximum absolute atomic E-state index is 13.5. The molecule has 0 fully saturated rings. The second-order valence-corrected chi connectivity index (χ2v) is 13.3. The van der Waals surface area contributed by atoms with Gasteiger partial charge in [-0.3, -0.25) is 4.79 Å². The lowest BCUT2D eigenvalue weighted by molar-refractivity contribution is -0.137. The Balaban J connectivity index is 1.29. The smallest absolute Gasteiger partial charge is 0.316 e. The molecule has 49 heavy (non-hydrogen) atoms. The Morgan fingerprint density at radius 1 is 0.837 bits per heavy atom. The molecule has 6 rings (SSSR count). The fourth-order valence-corrected chi connectivity index (χ4v) is 6.84. The molecule has 0 radical (unpaired) electrons. The van der Waals surface area contributed by atoms with Crippen LogP contribution in [0.25, 0.3) is 11.1 Å². The van der Waals surface area contributed by atoms with Crippen molar-refractivity contribution in [2.45, 2.75) is 56.0 Å². The van der Waals surface area contributed by atoms with E-state index in [1.165, 1.54) is 36.0 Å². The second kappa shape index (κ2) is 15.1. The molecule has 0 unspecified atom stereocenters. The van der Waals surface area contributed by atoms with Gasteiger partial charge < -0.3 is 19.4 Å². The number of alkyl halides is 3. The number of hydrogen-bond acceptors (Lipinski definition) is 7. The zero-order valence-electron chi connectivity index (χ0n) is 27.3. The summed E-state index contributed by atoms with van der Waals surface area (Å²) < 4.78 is 56.9. The Morgan fingerprint density at radius 3 is 2.16 bits per heavy atom. The maximum Gasteiger partial charge on any atom is 0.416 e. The second-order valence-electron chi connectivity index (χ2n) is 12.4. The minimum Gasteiger partial charge on any atom is -0.316 e. The van der Waals surface area contributed by atoms with Gasteiger partial charge >= 0.3 is 6.18 Å². The van der Waals surface area contributed by atoms with Crippen LogP contribution in [0.2, 0.25) is 0 Å². The number of rotatable bonds is 13. The minimum absolute atomic E-state index is 0.203. The van der Waals surface area contributed by atoms with Gasteiger partial charge in [-0.25, -0.2) is 4.39 Å². The van der Waals surface area contributed by atoms with E-state index in [0.29, 0.717) is 48.4 Å². The van der Waals surface area contributed by atoms with E-state index in [4.69, 9.17) is 0 Å². The summed E-state index contributed by atoms with van der Waals surface area (Å²) in [6, 6.07) is 19.2. The molecule has 0 saturated carbocycles. The van der Waals surface area contributed by atoms with Crippen LogP contribution in [0.15, 0.2) is 82.7 Å². The molecule has 0 atom stereocenters. The van der Waals surface area contributed by atoms with Crippen molar-refractivity contribution in [2.75, 3.05) is 27.2 Å². The average Bonchev–Trinajstić information content (AvgIpc) is 3.72. The SMILES string of the molecule is CN(C)CCNCc1nnc(Cn2c(SCc3ccc(F)cc3)nc(=O)c3c2CCC3)n1Cc1ccc(-c2ccc(C(F)(F)F)cc2)cc1. The lowest BCUT2D eigenvalue weighted by atomic mass is 10.0. The Kier molecular flexibility index (Phi) is 10.6. The van der Waals surface area contributed by atoms with Gasteiger partial charge in [0.2, 0.25) is 0 Å². The first-order valence-electron chi connectivity index (χ1n) is 16.1. The Bertz CT molecular complexity index is 1940. The van der Waals surface area contributed by atoms with Crippen molar-refractivity contribution in [3.63, 3.8) is 0 Å². The van der Waals surface area contributed by atoms with Crippen molar-refractivity contribution in [3.8, 4) is 11.1 Å². The third-order valence-electron chi connectivity index (χ3n) is 8.54. The van der Waals surface area contributed by atoms with Crippen molar-refractivity contribution < 1.29 is 17.6 Å². The Morgan fingerprint density at radius 2 is 1.49 bits per heavy atom. The third-order valence-corrected chi connectivity index (χ3v) is 9.59. The zero-order valence-corrected chi connectivity index (χ0v) is 28.1. The highest BCUT2D eigenvalue weighted by Crippen LogP contribution is 2.31. The van der Waals surface area contributed by atoms with E-state index in [9.17, 15) is 22.4 Å². The molecule has 13 heteroatoms. The van der Waals surface area contributed by atoms with Crippen LogP contribution in [-0.2, 0) is 44.4 Å². The molecule has 0 amide bonds. The van der Waals surface area contributed by atoms with E-state index in [1.54, 1.807) is 12.1 Å². The monoisotopic (exact) mass is 691 g/mol. The van der Waals surface area contributed by atoms with Crippen LogP contribution in [0.5, 0.6) is 0 Å². The lowest BCUT2D eigenvalue weighted by Gasteiger charge is -2.18. The molecule has 1 aliphatic carbocycles. The molecular formula is C36H37F4N7OS. The first-order chi connectivity index (χ1) is 23.5. The van der Waals surface area contributed by atoms with Gasteiger partial charge in [0.25, 0.3) is 5.56 Å². The van der Waals surface area contributed by atoms with E-state index in [1.807, 2.05) is 38.4 Å². The van der Waals surface area contributed by atoms with Crippen molar-refractivity contribution in [1.29, 1.82) is 0 Å². The molecule has 8 nitrogen and oxygen atoms in total. The number of halogens is 4. The summed E-state index contributed by atoms with van der Waals surface area (Å²) in [5.74, 6) is 1.68. The van der Waals surface area contributed by atoms with E-state index in [-0.39, 0.29) is 11.4 Å². The van der Waals surface area contributed by atoms with E-state index < -0.39 is 11.7 Å². The predicted octanol–water partition coefficient (Wildman–Crippen LogP) is 6.19. The summed E-state index contributed by atoms with van der Waals surface area (Å²) in [5.41, 5.74) is 4.21. The van der Waals surface area contributed by atoms with Gasteiger partial charge in [-0.1, -0.05) is 60.3 Å². The number of hydrogen-bond donors (Lipinski definition) is 1. The van der Waals surface area contributed by atoms with Crippen LogP contribution in [-0.4, -0.2) is 56.4 Å². The highest BCUT2D eigenvalue weighted by Gasteiger charge is 2.30. The van der Waals surface area contributed by atoms with Gasteiger partial charge in [0.05, 0.1) is 25.2 Å². The van der Waals surface area contributed by atoms with Gasteiger partial charge in [-0.2, -0.15) is 18.2 Å². The third kappa shape index (κ3) is 8.46. The first-order valence-corrected chi connectivity index (χ1v) is 17.1. The van der Waals surface area contributed by atoms with Gasteiger partial charge in [0.1, 0.15) is 11.6 Å². The van der Waals surface area contributed by atoms with Crippen LogP contribution in [0.4, 0.5) is 17.6 Å². The highest BCUT2D eigenvalue weighted by atomic mass is 32.2. The van der Waals surface area contributed by atoms with Gasteiger partial charge in [-0.15, -0.1) is 10.2 Å². The number of likely N-dealkylation sites (N-methyl/N-ethyl adjacent to an activating group) is 1. The van der Waals surface area contributed by atoms with Crippen LogP contribution < -0.4 is 10.9 Å². The van der Waals surface area contributed by atoms with Crippen molar-refractivity contribution in [2.24, 2.45) is 0 Å². The van der Waals surface area contributed by atoms with Crippen molar-refractivity contribution >= 4 is 11.8 Å². The van der Waals surface area contributed by atoms with Crippen LogP contribution >= 0.6 is 11.8 Å². The molecule has 0 spiro atoms. The molecular weight excluding hydrogens is 655 g/mol. The predicted molar refractivity (Wildman–Crippen MR) is 182 cm³/mol. The molecule has 3 aromatic carbocycles. The number of aromatic nitrogens is 5. The van der Waals surface area contributed by atoms with Gasteiger partial charge in [-0.05, 0) is 79.9 Å². The zero-order chi connectivity index (χ0) is 34.5. The average molecular weight is 692 g/mol. The van der Waals surface area contributed by atoms with E-state index in [0.717, 1.165) is 71.8 Å². The van der Waals surface area contributed by atoms with Crippen LogP contribution in [0, 0.1) is 5.82 Å². The maximum atomic E-state index is 13.5. The summed E-state index contributed by atoms with van der Waals surface area (Å²) in [6.45, 7) is 2.94. The Labute approximate surface area is 286 Å². The molecule has 1 N–H and O–H groups in total. The van der Waals surface area contributed by atoms with Gasteiger partial charge in [0.15, 0.2) is 11.0 Å². The lowest BCUT2D eigenvalue weighted by Crippen LogP contribution is -2.27. The molecule has 2 aromatic heterocycles. The molecule has 1 aliphatic rings. The number of thioether (sulfide) groups is 1. The number of fused-ring (bicyclic) bond motifs is 1. The normalized spacial score (nSPS) is 13.0. The summed E-state index contributed by atoms with van der Waals surface area (Å²) >= 11 is 1.44. The summed E-state index contributed by atoms with van der Waals surface area (Å²) in [6.07, 6.45) is -2.07.